The highest BCUT2D eigenvalue weighted by molar-refractivity contribution is 6.12. The van der Waals surface area contributed by atoms with E-state index >= 15 is 0 Å². The molecule has 2 aliphatic rings. The molecule has 0 amide bonds. The number of ether oxygens (including phenoxy) is 5. The van der Waals surface area contributed by atoms with Crippen molar-refractivity contribution in [3.05, 3.63) is 94.8 Å². The second kappa shape index (κ2) is 9.62. The molecule has 1 atom stereocenters. The number of carbonyl (C=O) groups is 2. The first-order valence-corrected chi connectivity index (χ1v) is 11.4. The Balaban J connectivity index is 1.30. The van der Waals surface area contributed by atoms with E-state index in [0.717, 1.165) is 16.9 Å². The van der Waals surface area contributed by atoms with Crippen molar-refractivity contribution in [1.29, 1.82) is 0 Å². The van der Waals surface area contributed by atoms with Crippen LogP contribution in [-0.2, 0) is 0 Å². The lowest BCUT2D eigenvalue weighted by Gasteiger charge is -2.22. The number of carbonyl (C=O) groups excluding carboxylic acids is 2. The number of Topliss-reactive ketones (excluding diaryl/α,β-unsaturated/α-hetero) is 2. The minimum atomic E-state index is -0.229. The minimum Gasteiger partial charge on any atom is -0.493 e. The predicted molar refractivity (Wildman–Crippen MR) is 133 cm³/mol. The van der Waals surface area contributed by atoms with E-state index in [-0.39, 0.29) is 30.0 Å². The van der Waals surface area contributed by atoms with Gasteiger partial charge in [0, 0.05) is 17.2 Å². The second-order valence-corrected chi connectivity index (χ2v) is 8.32. The molecule has 0 spiro atoms. The lowest BCUT2D eigenvalue weighted by atomic mass is 10.0. The molecule has 0 aliphatic carbocycles. The van der Waals surface area contributed by atoms with Crippen molar-refractivity contribution >= 4 is 17.6 Å². The SMILES string of the molecule is COc1ccc(C(=O)COc2ccc3c(c2)OC(=CC2=Cc4ccccc4O[C@@H]2C)C3=O)cc1OC. The number of methoxy groups -OCH3 is 2. The molecule has 36 heavy (non-hydrogen) atoms. The topological polar surface area (TPSA) is 80.3 Å². The number of benzene rings is 3. The maximum absolute atomic E-state index is 12.9. The summed E-state index contributed by atoms with van der Waals surface area (Å²) in [6.45, 7) is 1.73. The molecule has 3 aromatic carbocycles. The van der Waals surface area contributed by atoms with E-state index in [1.54, 1.807) is 42.5 Å². The van der Waals surface area contributed by atoms with E-state index in [9.17, 15) is 9.59 Å². The van der Waals surface area contributed by atoms with E-state index in [1.165, 1.54) is 14.2 Å². The van der Waals surface area contributed by atoms with Gasteiger partial charge in [0.25, 0.3) is 0 Å². The Morgan fingerprint density at radius 3 is 2.58 bits per heavy atom. The van der Waals surface area contributed by atoms with E-state index in [4.69, 9.17) is 23.7 Å². The van der Waals surface area contributed by atoms with Crippen molar-refractivity contribution in [3.63, 3.8) is 0 Å². The third kappa shape index (κ3) is 4.43. The molecule has 7 heteroatoms. The number of rotatable bonds is 7. The summed E-state index contributed by atoms with van der Waals surface area (Å²) in [4.78, 5) is 25.5. The van der Waals surface area contributed by atoms with Gasteiger partial charge >= 0.3 is 0 Å². The highest BCUT2D eigenvalue weighted by Crippen LogP contribution is 2.36. The monoisotopic (exact) mass is 484 g/mol. The van der Waals surface area contributed by atoms with Crippen LogP contribution in [0.5, 0.6) is 28.7 Å². The van der Waals surface area contributed by atoms with Crippen LogP contribution >= 0.6 is 0 Å². The third-order valence-electron chi connectivity index (χ3n) is 6.03. The van der Waals surface area contributed by atoms with Crippen molar-refractivity contribution in [3.8, 4) is 28.7 Å². The normalized spacial score (nSPS) is 16.9. The van der Waals surface area contributed by atoms with Gasteiger partial charge in [-0.3, -0.25) is 9.59 Å². The van der Waals surface area contributed by atoms with Crippen LogP contribution in [0.4, 0.5) is 0 Å². The standard InChI is InChI=1S/C29H24O7/c1-17-20(12-19-6-4-5-7-24(19)35-17)14-28-29(31)22-10-9-21(15-26(22)36-28)34-16-23(30)18-8-11-25(32-2)27(13-18)33-3/h4-15,17H,16H2,1-3H3/t17-/m1/s1. The van der Waals surface area contributed by atoms with Gasteiger partial charge in [-0.05, 0) is 61.0 Å². The Bertz CT molecular complexity index is 1420. The van der Waals surface area contributed by atoms with E-state index < -0.39 is 0 Å². The van der Waals surface area contributed by atoms with Crippen LogP contribution < -0.4 is 23.7 Å². The molecule has 0 bridgehead atoms. The molecule has 0 fully saturated rings. The van der Waals surface area contributed by atoms with E-state index in [2.05, 4.69) is 0 Å². The maximum atomic E-state index is 12.9. The molecule has 0 saturated carbocycles. The molecule has 182 valence electrons. The Morgan fingerprint density at radius 1 is 0.972 bits per heavy atom. The summed E-state index contributed by atoms with van der Waals surface area (Å²) in [6, 6.07) is 17.5. The first-order valence-electron chi connectivity index (χ1n) is 11.4. The van der Waals surface area contributed by atoms with Crippen molar-refractivity contribution in [1.82, 2.24) is 0 Å². The van der Waals surface area contributed by atoms with Gasteiger partial charge in [-0.25, -0.2) is 0 Å². The van der Waals surface area contributed by atoms with Crippen molar-refractivity contribution in [2.75, 3.05) is 20.8 Å². The molecule has 0 N–H and O–H groups in total. The van der Waals surface area contributed by atoms with Crippen molar-refractivity contribution in [2.24, 2.45) is 0 Å². The van der Waals surface area contributed by atoms with Gasteiger partial charge < -0.3 is 23.7 Å². The first kappa shape index (κ1) is 23.2. The van der Waals surface area contributed by atoms with Crippen LogP contribution in [0.3, 0.4) is 0 Å². The maximum Gasteiger partial charge on any atom is 0.231 e. The molecule has 3 aromatic rings. The zero-order valence-electron chi connectivity index (χ0n) is 20.1. The average Bonchev–Trinajstić information content (AvgIpc) is 3.21. The largest absolute Gasteiger partial charge is 0.493 e. The Morgan fingerprint density at radius 2 is 1.78 bits per heavy atom. The van der Waals surface area contributed by atoms with Crippen LogP contribution in [0, 0.1) is 0 Å². The Labute approximate surface area is 208 Å². The van der Waals surface area contributed by atoms with Gasteiger partial charge in [-0.2, -0.15) is 0 Å². The summed E-state index contributed by atoms with van der Waals surface area (Å²) in [5.74, 6) is 2.37. The lowest BCUT2D eigenvalue weighted by Crippen LogP contribution is -2.18. The zero-order chi connectivity index (χ0) is 25.2. The van der Waals surface area contributed by atoms with Gasteiger partial charge in [0.1, 0.15) is 23.4 Å². The van der Waals surface area contributed by atoms with Crippen molar-refractivity contribution < 1.29 is 33.3 Å². The molecular weight excluding hydrogens is 460 g/mol. The highest BCUT2D eigenvalue weighted by atomic mass is 16.5. The van der Waals surface area contributed by atoms with Crippen LogP contribution in [0.25, 0.3) is 6.08 Å². The molecular formula is C29H24O7. The molecule has 0 radical (unpaired) electrons. The molecule has 0 saturated heterocycles. The number of hydrogen-bond acceptors (Lipinski definition) is 7. The fourth-order valence-electron chi connectivity index (χ4n) is 4.07. The Hall–Kier alpha value is -4.52. The van der Waals surface area contributed by atoms with Gasteiger partial charge in [0.2, 0.25) is 5.78 Å². The molecule has 5 rings (SSSR count). The van der Waals surface area contributed by atoms with Crippen molar-refractivity contribution in [2.45, 2.75) is 13.0 Å². The predicted octanol–water partition coefficient (Wildman–Crippen LogP) is 5.29. The number of hydrogen-bond donors (Lipinski definition) is 0. The lowest BCUT2D eigenvalue weighted by molar-refractivity contribution is 0.0920. The number of ketones is 2. The van der Waals surface area contributed by atoms with E-state index in [1.807, 2.05) is 37.3 Å². The number of allylic oxidation sites excluding steroid dienone is 1. The third-order valence-corrected chi connectivity index (χ3v) is 6.03. The quantitative estimate of drug-likeness (QED) is 0.333. The smallest absolute Gasteiger partial charge is 0.231 e. The minimum absolute atomic E-state index is 0.188. The van der Waals surface area contributed by atoms with Crippen LogP contribution in [0.1, 0.15) is 33.2 Å². The molecule has 0 unspecified atom stereocenters. The summed E-state index contributed by atoms with van der Waals surface area (Å²) in [5.41, 5.74) is 2.65. The highest BCUT2D eigenvalue weighted by Gasteiger charge is 2.29. The van der Waals surface area contributed by atoms with E-state index in [0.29, 0.717) is 34.1 Å². The first-order chi connectivity index (χ1) is 17.5. The Kier molecular flexibility index (Phi) is 6.21. The van der Waals surface area contributed by atoms with Gasteiger partial charge in [-0.15, -0.1) is 0 Å². The van der Waals surface area contributed by atoms with Gasteiger partial charge in [0.15, 0.2) is 29.6 Å². The summed E-state index contributed by atoms with van der Waals surface area (Å²) in [5, 5.41) is 0. The second-order valence-electron chi connectivity index (χ2n) is 8.32. The summed E-state index contributed by atoms with van der Waals surface area (Å²) >= 11 is 0. The summed E-state index contributed by atoms with van der Waals surface area (Å²) < 4.78 is 28.0. The number of para-hydroxylation sites is 1. The zero-order valence-corrected chi connectivity index (χ0v) is 20.1. The summed E-state index contributed by atoms with van der Waals surface area (Å²) in [7, 11) is 3.04. The fraction of sp³-hybridized carbons (Fsp3) is 0.172. The van der Waals surface area contributed by atoms with Crippen LogP contribution in [0.15, 0.2) is 78.1 Å². The van der Waals surface area contributed by atoms with Gasteiger partial charge in [0.05, 0.1) is 19.8 Å². The van der Waals surface area contributed by atoms with Crippen LogP contribution in [-0.4, -0.2) is 38.5 Å². The van der Waals surface area contributed by atoms with Gasteiger partial charge in [-0.1, -0.05) is 18.2 Å². The molecule has 0 aromatic heterocycles. The summed E-state index contributed by atoms with van der Waals surface area (Å²) in [6.07, 6.45) is 3.48. The molecule has 2 heterocycles. The fourth-order valence-corrected chi connectivity index (χ4v) is 4.07. The molecule has 7 nitrogen and oxygen atoms in total. The average molecular weight is 485 g/mol. The van der Waals surface area contributed by atoms with Crippen LogP contribution in [0.2, 0.25) is 0 Å². The number of fused-ring (bicyclic) bond motifs is 2. The molecule has 2 aliphatic heterocycles.